The van der Waals surface area contributed by atoms with Crippen molar-refractivity contribution in [1.82, 2.24) is 10.6 Å². The highest BCUT2D eigenvalue weighted by Gasteiger charge is 2.23. The molecule has 2 aliphatic rings. The van der Waals surface area contributed by atoms with Gasteiger partial charge in [-0.1, -0.05) is 12.8 Å². The highest BCUT2D eigenvalue weighted by Crippen LogP contribution is 2.18. The Bertz CT molecular complexity index is 262. The summed E-state index contributed by atoms with van der Waals surface area (Å²) >= 11 is 0. The number of hydrogen-bond acceptors (Lipinski definition) is 3. The Kier molecular flexibility index (Phi) is 2.72. The van der Waals surface area contributed by atoms with Gasteiger partial charge in [-0.2, -0.15) is 0 Å². The average molecular weight is 195 g/mol. The first-order valence-corrected chi connectivity index (χ1v) is 5.26. The summed E-state index contributed by atoms with van der Waals surface area (Å²) in [6.07, 6.45) is 6.30. The van der Waals surface area contributed by atoms with Crippen LogP contribution >= 0.6 is 0 Å². The minimum atomic E-state index is -0.00289. The second kappa shape index (κ2) is 4.00. The standard InChI is InChI=1S/C10H17N3O/c11-8-3-1-2-4-9(8)13-7-5-10(14)12-6-7/h5,8-9,13H,1-4,6,11H2,(H,12,14)/t8-,9?/m1/s1. The molecule has 1 aliphatic carbocycles. The Balaban J connectivity index is 1.89. The molecule has 1 saturated carbocycles. The molecule has 0 spiro atoms. The van der Waals surface area contributed by atoms with Crippen molar-refractivity contribution >= 4 is 5.91 Å². The highest BCUT2D eigenvalue weighted by molar-refractivity contribution is 5.90. The van der Waals surface area contributed by atoms with Gasteiger partial charge in [0.1, 0.15) is 0 Å². The largest absolute Gasteiger partial charge is 0.382 e. The van der Waals surface area contributed by atoms with Gasteiger partial charge in [-0.3, -0.25) is 4.79 Å². The fourth-order valence-corrected chi connectivity index (χ4v) is 2.11. The van der Waals surface area contributed by atoms with Gasteiger partial charge >= 0.3 is 0 Å². The second-order valence-corrected chi connectivity index (χ2v) is 4.09. The zero-order valence-corrected chi connectivity index (χ0v) is 8.25. The number of hydrogen-bond donors (Lipinski definition) is 3. The lowest BCUT2D eigenvalue weighted by molar-refractivity contribution is -0.115. The van der Waals surface area contributed by atoms with Crippen molar-refractivity contribution in [3.8, 4) is 0 Å². The summed E-state index contributed by atoms with van der Waals surface area (Å²) in [4.78, 5) is 10.9. The highest BCUT2D eigenvalue weighted by atomic mass is 16.1. The SMILES string of the molecule is N[C@@H]1CCCCC1NC1=CC(=O)NC1. The van der Waals surface area contributed by atoms with Gasteiger partial charge in [-0.25, -0.2) is 0 Å². The van der Waals surface area contributed by atoms with Crippen molar-refractivity contribution in [3.05, 3.63) is 11.8 Å². The Morgan fingerprint density at radius 3 is 2.86 bits per heavy atom. The maximum atomic E-state index is 10.9. The van der Waals surface area contributed by atoms with Crippen LogP contribution in [-0.4, -0.2) is 24.5 Å². The Morgan fingerprint density at radius 1 is 1.43 bits per heavy atom. The van der Waals surface area contributed by atoms with Crippen LogP contribution in [0.4, 0.5) is 0 Å². The van der Waals surface area contributed by atoms with E-state index < -0.39 is 0 Å². The van der Waals surface area contributed by atoms with Crippen molar-refractivity contribution in [2.75, 3.05) is 6.54 Å². The van der Waals surface area contributed by atoms with Gasteiger partial charge in [0.25, 0.3) is 0 Å². The predicted molar refractivity (Wildman–Crippen MR) is 54.5 cm³/mol. The lowest BCUT2D eigenvalue weighted by Crippen LogP contribution is -2.47. The summed E-state index contributed by atoms with van der Waals surface area (Å²) in [6, 6.07) is 0.586. The average Bonchev–Trinajstić information content (AvgIpc) is 2.56. The van der Waals surface area contributed by atoms with Crippen LogP contribution < -0.4 is 16.4 Å². The monoisotopic (exact) mass is 195 g/mol. The number of nitrogens with one attached hydrogen (secondary N) is 2. The van der Waals surface area contributed by atoms with Crippen LogP contribution in [0.1, 0.15) is 25.7 Å². The fourth-order valence-electron chi connectivity index (χ4n) is 2.11. The topological polar surface area (TPSA) is 67.1 Å². The van der Waals surface area contributed by atoms with E-state index >= 15 is 0 Å². The molecule has 2 atom stereocenters. The maximum Gasteiger partial charge on any atom is 0.246 e. The van der Waals surface area contributed by atoms with E-state index in [1.165, 1.54) is 12.8 Å². The molecule has 0 saturated heterocycles. The van der Waals surface area contributed by atoms with E-state index in [9.17, 15) is 4.79 Å². The maximum absolute atomic E-state index is 10.9. The van der Waals surface area contributed by atoms with E-state index in [1.807, 2.05) is 0 Å². The van der Waals surface area contributed by atoms with E-state index in [-0.39, 0.29) is 11.9 Å². The third-order valence-electron chi connectivity index (χ3n) is 2.95. The molecule has 78 valence electrons. The molecule has 14 heavy (non-hydrogen) atoms. The van der Waals surface area contributed by atoms with Gasteiger partial charge < -0.3 is 16.4 Å². The summed E-state index contributed by atoms with van der Waals surface area (Å²) in [5, 5.41) is 6.09. The molecule has 0 bridgehead atoms. The molecule has 4 N–H and O–H groups in total. The molecule has 0 aromatic heterocycles. The molecule has 4 nitrogen and oxygen atoms in total. The first kappa shape index (κ1) is 9.52. The van der Waals surface area contributed by atoms with Crippen molar-refractivity contribution in [2.24, 2.45) is 5.73 Å². The summed E-state index contributed by atoms with van der Waals surface area (Å²) < 4.78 is 0. The molecular formula is C10H17N3O. The lowest BCUT2D eigenvalue weighted by Gasteiger charge is -2.30. The first-order valence-electron chi connectivity index (χ1n) is 5.26. The quantitative estimate of drug-likeness (QED) is 0.574. The molecule has 2 rings (SSSR count). The smallest absolute Gasteiger partial charge is 0.246 e. The van der Waals surface area contributed by atoms with Gasteiger partial charge in [0.2, 0.25) is 5.91 Å². The van der Waals surface area contributed by atoms with Crippen molar-refractivity contribution in [1.29, 1.82) is 0 Å². The fraction of sp³-hybridized carbons (Fsp3) is 0.700. The lowest BCUT2D eigenvalue weighted by atomic mass is 9.91. The summed E-state index contributed by atoms with van der Waals surface area (Å²) in [5.74, 6) is -0.00289. The van der Waals surface area contributed by atoms with Crippen LogP contribution in [0.2, 0.25) is 0 Å². The summed E-state index contributed by atoms with van der Waals surface area (Å²) in [6.45, 7) is 0.627. The van der Waals surface area contributed by atoms with E-state index in [4.69, 9.17) is 5.73 Å². The van der Waals surface area contributed by atoms with E-state index in [1.54, 1.807) is 6.08 Å². The number of carbonyl (C=O) groups excluding carboxylic acids is 1. The Hall–Kier alpha value is -1.03. The van der Waals surface area contributed by atoms with Crippen molar-refractivity contribution < 1.29 is 4.79 Å². The Morgan fingerprint density at radius 2 is 2.21 bits per heavy atom. The van der Waals surface area contributed by atoms with Crippen LogP contribution in [0.3, 0.4) is 0 Å². The number of carbonyl (C=O) groups is 1. The van der Waals surface area contributed by atoms with Crippen LogP contribution in [0, 0.1) is 0 Å². The number of rotatable bonds is 2. The molecule has 1 fully saturated rings. The normalized spacial score (nSPS) is 32.4. The van der Waals surface area contributed by atoms with Crippen LogP contribution in [0.15, 0.2) is 11.8 Å². The minimum Gasteiger partial charge on any atom is -0.382 e. The second-order valence-electron chi connectivity index (χ2n) is 4.09. The Labute approximate surface area is 83.9 Å². The van der Waals surface area contributed by atoms with Crippen molar-refractivity contribution in [3.63, 3.8) is 0 Å². The molecule has 1 heterocycles. The van der Waals surface area contributed by atoms with Gasteiger partial charge in [0.15, 0.2) is 0 Å². The van der Waals surface area contributed by atoms with Crippen LogP contribution in [0.5, 0.6) is 0 Å². The minimum absolute atomic E-state index is 0.00289. The van der Waals surface area contributed by atoms with E-state index in [0.29, 0.717) is 12.6 Å². The predicted octanol–water partition coefficient (Wildman–Crippen LogP) is -0.140. The van der Waals surface area contributed by atoms with Gasteiger partial charge in [-0.15, -0.1) is 0 Å². The summed E-state index contributed by atoms with van der Waals surface area (Å²) in [5.41, 5.74) is 6.98. The molecule has 0 aromatic carbocycles. The third kappa shape index (κ3) is 2.07. The molecule has 0 aromatic rings. The molecule has 0 radical (unpaired) electrons. The zero-order valence-electron chi connectivity index (χ0n) is 8.25. The van der Waals surface area contributed by atoms with Crippen LogP contribution in [-0.2, 0) is 4.79 Å². The molecular weight excluding hydrogens is 178 g/mol. The zero-order chi connectivity index (χ0) is 9.97. The van der Waals surface area contributed by atoms with Crippen molar-refractivity contribution in [2.45, 2.75) is 37.8 Å². The van der Waals surface area contributed by atoms with Gasteiger partial charge in [-0.05, 0) is 12.8 Å². The number of nitrogens with two attached hydrogens (primary N) is 1. The first-order chi connectivity index (χ1) is 6.75. The van der Waals surface area contributed by atoms with Gasteiger partial charge in [0.05, 0.1) is 6.54 Å². The molecule has 1 unspecified atom stereocenters. The summed E-state index contributed by atoms with van der Waals surface area (Å²) in [7, 11) is 0. The van der Waals surface area contributed by atoms with Gasteiger partial charge in [0, 0.05) is 23.9 Å². The van der Waals surface area contributed by atoms with E-state index in [0.717, 1.165) is 18.5 Å². The number of amides is 1. The molecule has 1 amide bonds. The molecule has 4 heteroatoms. The van der Waals surface area contributed by atoms with E-state index in [2.05, 4.69) is 10.6 Å². The third-order valence-corrected chi connectivity index (χ3v) is 2.95. The van der Waals surface area contributed by atoms with Crippen LogP contribution in [0.25, 0.3) is 0 Å². The molecule has 1 aliphatic heterocycles.